The van der Waals surface area contributed by atoms with Gasteiger partial charge in [-0.3, -0.25) is 4.79 Å². The molecule has 1 amide bonds. The summed E-state index contributed by atoms with van der Waals surface area (Å²) < 4.78 is 11.3. The first-order valence-electron chi connectivity index (χ1n) is 11.2. The maximum Gasteiger partial charge on any atom is 0.252 e. The van der Waals surface area contributed by atoms with E-state index in [-0.39, 0.29) is 11.9 Å². The van der Waals surface area contributed by atoms with Crippen LogP contribution in [0.1, 0.15) is 11.6 Å². The van der Waals surface area contributed by atoms with Crippen LogP contribution in [0.3, 0.4) is 0 Å². The Morgan fingerprint density at radius 3 is 2.60 bits per heavy atom. The van der Waals surface area contributed by atoms with Crippen molar-refractivity contribution in [3.63, 3.8) is 0 Å². The van der Waals surface area contributed by atoms with Gasteiger partial charge in [0.15, 0.2) is 11.3 Å². The van der Waals surface area contributed by atoms with Crippen LogP contribution < -0.4 is 10.6 Å². The van der Waals surface area contributed by atoms with Crippen molar-refractivity contribution in [2.24, 2.45) is 0 Å². The predicted octanol–water partition coefficient (Wildman–Crippen LogP) is 4.14. The van der Waals surface area contributed by atoms with E-state index in [1.807, 2.05) is 67.5 Å². The highest BCUT2D eigenvalue weighted by Crippen LogP contribution is 2.29. The maximum atomic E-state index is 12.1. The van der Waals surface area contributed by atoms with E-state index in [4.69, 9.17) is 9.15 Å². The molecule has 9 nitrogen and oxygen atoms in total. The van der Waals surface area contributed by atoms with Crippen LogP contribution in [0.15, 0.2) is 77.5 Å². The molecule has 0 unspecified atom stereocenters. The number of likely N-dealkylation sites (N-methyl/N-ethyl adjacent to an activating group) is 1. The van der Waals surface area contributed by atoms with Gasteiger partial charge in [0, 0.05) is 31.0 Å². The second-order valence-corrected chi connectivity index (χ2v) is 8.19. The van der Waals surface area contributed by atoms with Gasteiger partial charge in [0.05, 0.1) is 12.6 Å². The number of fused-ring (bicyclic) bond motifs is 1. The Kier molecular flexibility index (Phi) is 7.81. The molecule has 0 saturated heterocycles. The fourth-order valence-electron chi connectivity index (χ4n) is 3.47. The number of rotatable bonds is 10. The minimum Gasteiger partial charge on any atom is -0.417 e. The lowest BCUT2D eigenvalue weighted by Gasteiger charge is -2.18. The largest absolute Gasteiger partial charge is 0.417 e. The van der Waals surface area contributed by atoms with Crippen molar-refractivity contribution in [3.05, 3.63) is 78.6 Å². The number of nitrogens with one attached hydrogen (secondary N) is 2. The first kappa shape index (κ1) is 24.1. The molecule has 0 fully saturated rings. The van der Waals surface area contributed by atoms with Crippen molar-refractivity contribution >= 4 is 28.6 Å². The maximum absolute atomic E-state index is 12.1. The van der Waals surface area contributed by atoms with E-state index in [0.717, 1.165) is 11.1 Å². The fourth-order valence-corrected chi connectivity index (χ4v) is 3.47. The third kappa shape index (κ3) is 6.28. The second kappa shape index (κ2) is 11.4. The molecular weight excluding hydrogens is 444 g/mol. The molecule has 9 heteroatoms. The van der Waals surface area contributed by atoms with Gasteiger partial charge in [0.2, 0.25) is 11.8 Å². The zero-order valence-corrected chi connectivity index (χ0v) is 19.9. The number of amides is 1. The molecule has 180 valence electrons. The summed E-state index contributed by atoms with van der Waals surface area (Å²) in [6.07, 6.45) is 4.77. The molecule has 2 N–H and O–H groups in total. The third-order valence-electron chi connectivity index (χ3n) is 5.18. The van der Waals surface area contributed by atoms with E-state index in [9.17, 15) is 4.79 Å². The molecule has 2 heterocycles. The molecule has 35 heavy (non-hydrogen) atoms. The van der Waals surface area contributed by atoms with Crippen molar-refractivity contribution in [1.29, 1.82) is 0 Å². The normalized spacial score (nSPS) is 12.3. The molecule has 1 atom stereocenters. The summed E-state index contributed by atoms with van der Waals surface area (Å²) in [6, 6.07) is 17.2. The van der Waals surface area contributed by atoms with Crippen LogP contribution in [-0.4, -0.2) is 60.1 Å². The number of methoxy groups -OCH3 is 1. The summed E-state index contributed by atoms with van der Waals surface area (Å²) >= 11 is 0. The van der Waals surface area contributed by atoms with Crippen molar-refractivity contribution in [3.8, 4) is 11.5 Å². The van der Waals surface area contributed by atoms with Gasteiger partial charge in [-0.05, 0) is 43.9 Å². The standard InChI is InChI=1S/C26H28N6O3/c1-32(2)15-7-10-22(33)29-20-13-11-19(12-14-20)25-31-23-24(27-17-28-26(23)35-25)30-21(16-34-3)18-8-5-4-6-9-18/h4-14,17,21H,15-16H2,1-3H3,(H,29,33)(H,27,28,30)/b10-7+/t21-/m1/s1. The minimum atomic E-state index is -0.184. The van der Waals surface area contributed by atoms with Crippen LogP contribution in [0.25, 0.3) is 22.7 Å². The second-order valence-electron chi connectivity index (χ2n) is 8.19. The van der Waals surface area contributed by atoms with Crippen molar-refractivity contribution in [2.75, 3.05) is 45.0 Å². The lowest BCUT2D eigenvalue weighted by atomic mass is 10.1. The fraction of sp³-hybridized carbons (Fsp3) is 0.231. The van der Waals surface area contributed by atoms with Crippen molar-refractivity contribution in [2.45, 2.75) is 6.04 Å². The number of carbonyl (C=O) groups excluding carboxylic acids is 1. The Labute approximate surface area is 203 Å². The Bertz CT molecular complexity index is 1290. The number of aromatic nitrogens is 3. The average Bonchev–Trinajstić information content (AvgIpc) is 3.30. The van der Waals surface area contributed by atoms with Crippen LogP contribution in [0.4, 0.5) is 11.5 Å². The summed E-state index contributed by atoms with van der Waals surface area (Å²) in [5, 5.41) is 6.24. The van der Waals surface area contributed by atoms with Gasteiger partial charge in [-0.2, -0.15) is 4.98 Å². The van der Waals surface area contributed by atoms with Gasteiger partial charge in [0.25, 0.3) is 5.71 Å². The number of ether oxygens (including phenoxy) is 1. The highest BCUT2D eigenvalue weighted by atomic mass is 16.5. The molecule has 0 bridgehead atoms. The molecule has 0 radical (unpaired) electrons. The van der Waals surface area contributed by atoms with E-state index in [0.29, 0.717) is 41.8 Å². The minimum absolute atomic E-state index is 0.117. The summed E-state index contributed by atoms with van der Waals surface area (Å²) in [4.78, 5) is 27.3. The summed E-state index contributed by atoms with van der Waals surface area (Å²) in [5.41, 5.74) is 3.41. The zero-order chi connectivity index (χ0) is 24.6. The number of oxazole rings is 1. The third-order valence-corrected chi connectivity index (χ3v) is 5.18. The monoisotopic (exact) mass is 472 g/mol. The SMILES string of the molecule is COC[C@@H](Nc1ncnc2oc(-c3ccc(NC(=O)/C=C/CN(C)C)cc3)nc12)c1ccccc1. The van der Waals surface area contributed by atoms with Gasteiger partial charge in [-0.25, -0.2) is 9.97 Å². The van der Waals surface area contributed by atoms with Gasteiger partial charge in [-0.15, -0.1) is 0 Å². The number of nitrogens with zero attached hydrogens (tertiary/aromatic N) is 4. The molecule has 4 rings (SSSR count). The summed E-state index contributed by atoms with van der Waals surface area (Å²) in [5.74, 6) is 0.788. The van der Waals surface area contributed by atoms with Gasteiger partial charge >= 0.3 is 0 Å². The Morgan fingerprint density at radius 1 is 1.11 bits per heavy atom. The Hall–Kier alpha value is -4.08. The molecule has 0 spiro atoms. The van der Waals surface area contributed by atoms with E-state index < -0.39 is 0 Å². The van der Waals surface area contributed by atoms with E-state index >= 15 is 0 Å². The van der Waals surface area contributed by atoms with Crippen molar-refractivity contribution in [1.82, 2.24) is 19.9 Å². The van der Waals surface area contributed by atoms with Gasteiger partial charge in [-0.1, -0.05) is 36.4 Å². The molecule has 2 aromatic carbocycles. The highest BCUT2D eigenvalue weighted by Gasteiger charge is 2.18. The van der Waals surface area contributed by atoms with Crippen LogP contribution in [-0.2, 0) is 9.53 Å². The average molecular weight is 473 g/mol. The number of anilines is 2. The predicted molar refractivity (Wildman–Crippen MR) is 136 cm³/mol. The number of benzene rings is 2. The summed E-state index contributed by atoms with van der Waals surface area (Å²) in [7, 11) is 5.55. The van der Waals surface area contributed by atoms with Crippen LogP contribution in [0.5, 0.6) is 0 Å². The number of carbonyl (C=O) groups is 1. The molecule has 4 aromatic rings. The van der Waals surface area contributed by atoms with E-state index in [1.54, 1.807) is 19.2 Å². The number of hydrogen-bond donors (Lipinski definition) is 2. The van der Waals surface area contributed by atoms with E-state index in [2.05, 4.69) is 25.6 Å². The Morgan fingerprint density at radius 2 is 1.89 bits per heavy atom. The smallest absolute Gasteiger partial charge is 0.252 e. The van der Waals surface area contributed by atoms with Crippen LogP contribution in [0, 0.1) is 0 Å². The highest BCUT2D eigenvalue weighted by molar-refractivity contribution is 5.99. The lowest BCUT2D eigenvalue weighted by molar-refractivity contribution is -0.111. The molecule has 0 aliphatic heterocycles. The lowest BCUT2D eigenvalue weighted by Crippen LogP contribution is -2.17. The van der Waals surface area contributed by atoms with Crippen LogP contribution in [0.2, 0.25) is 0 Å². The van der Waals surface area contributed by atoms with Gasteiger partial charge in [0.1, 0.15) is 6.33 Å². The van der Waals surface area contributed by atoms with Gasteiger partial charge < -0.3 is 24.7 Å². The zero-order valence-electron chi connectivity index (χ0n) is 19.9. The van der Waals surface area contributed by atoms with Crippen molar-refractivity contribution < 1.29 is 13.9 Å². The first-order chi connectivity index (χ1) is 17.0. The quantitative estimate of drug-likeness (QED) is 0.332. The number of hydrogen-bond acceptors (Lipinski definition) is 8. The molecule has 0 saturated carbocycles. The molecule has 0 aliphatic carbocycles. The molecular formula is C26H28N6O3. The Balaban J connectivity index is 1.52. The van der Waals surface area contributed by atoms with Crippen LogP contribution >= 0.6 is 0 Å². The molecule has 2 aromatic heterocycles. The summed E-state index contributed by atoms with van der Waals surface area (Å²) in [6.45, 7) is 1.15. The first-order valence-corrected chi connectivity index (χ1v) is 11.2. The topological polar surface area (TPSA) is 105 Å². The molecule has 0 aliphatic rings. The van der Waals surface area contributed by atoms with E-state index in [1.165, 1.54) is 12.4 Å².